The lowest BCUT2D eigenvalue weighted by atomic mass is 10.2. The second-order valence-corrected chi connectivity index (χ2v) is 7.72. The van der Waals surface area contributed by atoms with Gasteiger partial charge in [0, 0.05) is 24.2 Å². The van der Waals surface area contributed by atoms with Crippen molar-refractivity contribution in [3.63, 3.8) is 0 Å². The van der Waals surface area contributed by atoms with Crippen molar-refractivity contribution in [2.45, 2.75) is 18.4 Å². The summed E-state index contributed by atoms with van der Waals surface area (Å²) in [7, 11) is 1.92. The maximum atomic E-state index is 13.0. The predicted octanol–water partition coefficient (Wildman–Crippen LogP) is 4.40. The number of anilines is 1. The minimum atomic E-state index is -0.0316. The Morgan fingerprint density at radius 2 is 1.85 bits per heavy atom. The van der Waals surface area contributed by atoms with Crippen LogP contribution < -0.4 is 4.90 Å². The van der Waals surface area contributed by atoms with Gasteiger partial charge in [-0.25, -0.2) is 0 Å². The molecule has 2 aromatic carbocycles. The van der Waals surface area contributed by atoms with Gasteiger partial charge in [0.25, 0.3) is 5.91 Å². The van der Waals surface area contributed by atoms with Crippen molar-refractivity contribution in [3.05, 3.63) is 70.8 Å². The van der Waals surface area contributed by atoms with Crippen LogP contribution in [0, 0.1) is 5.41 Å². The van der Waals surface area contributed by atoms with E-state index in [0.717, 1.165) is 21.8 Å². The number of thioether (sulfide) groups is 1. The van der Waals surface area contributed by atoms with Gasteiger partial charge in [-0.2, -0.15) is 0 Å². The third-order valence-corrected chi connectivity index (χ3v) is 5.76. The zero-order valence-electron chi connectivity index (χ0n) is 14.8. The molecule has 0 aliphatic carbocycles. The molecule has 0 atom stereocenters. The molecule has 0 radical (unpaired) electrons. The van der Waals surface area contributed by atoms with Gasteiger partial charge in [-0.1, -0.05) is 54.2 Å². The van der Waals surface area contributed by atoms with Gasteiger partial charge in [-0.3, -0.25) is 10.2 Å². The highest BCUT2D eigenvalue weighted by molar-refractivity contribution is 8.18. The molecule has 3 rings (SSSR count). The summed E-state index contributed by atoms with van der Waals surface area (Å²) in [4.78, 5) is 18.2. The number of allylic oxidation sites excluding steroid dienone is 1. The van der Waals surface area contributed by atoms with Crippen LogP contribution in [0.2, 0.25) is 0 Å². The molecule has 1 saturated heterocycles. The number of nitrogens with one attached hydrogen (secondary N) is 1. The summed E-state index contributed by atoms with van der Waals surface area (Å²) in [6.45, 7) is 2.77. The first-order valence-electron chi connectivity index (χ1n) is 8.28. The van der Waals surface area contributed by atoms with E-state index in [1.807, 2.05) is 73.5 Å². The first-order valence-corrected chi connectivity index (χ1v) is 9.55. The van der Waals surface area contributed by atoms with Gasteiger partial charge in [0.1, 0.15) is 0 Å². The predicted molar refractivity (Wildman–Crippen MR) is 112 cm³/mol. The Bertz CT molecular complexity index is 864. The Hall–Kier alpha value is -2.18. The number of para-hydroxylation sites is 1. The highest BCUT2D eigenvalue weighted by Crippen LogP contribution is 2.33. The molecule has 6 heteroatoms. The number of benzene rings is 2. The first kappa shape index (κ1) is 18.6. The number of nitrogens with zero attached hydrogens (tertiary/aromatic N) is 2. The number of carbonyl (C=O) groups excluding carboxylic acids is 1. The molecule has 2 aromatic rings. The second-order valence-electron chi connectivity index (χ2n) is 6.13. The van der Waals surface area contributed by atoms with Crippen LogP contribution in [-0.2, 0) is 11.3 Å². The average Bonchev–Trinajstić information content (AvgIpc) is 2.64. The number of hydrogen-bond acceptors (Lipinski definition) is 5. The smallest absolute Gasteiger partial charge is 0.263 e. The van der Waals surface area contributed by atoms with Crippen molar-refractivity contribution in [1.29, 1.82) is 5.41 Å². The Morgan fingerprint density at radius 1 is 1.19 bits per heavy atom. The van der Waals surface area contributed by atoms with Crippen LogP contribution >= 0.6 is 24.4 Å². The van der Waals surface area contributed by atoms with E-state index in [-0.39, 0.29) is 5.91 Å². The maximum absolute atomic E-state index is 13.0. The first-order chi connectivity index (χ1) is 12.5. The molecular weight excluding hydrogens is 362 g/mol. The monoisotopic (exact) mass is 383 g/mol. The molecule has 1 aliphatic heterocycles. The van der Waals surface area contributed by atoms with Gasteiger partial charge in [0.15, 0.2) is 0 Å². The number of hydrogen-bond donors (Lipinski definition) is 2. The molecule has 1 fully saturated rings. The standard InChI is InChI=1S/C20H21N3OS2/c1-14(22(2)16-10-6-7-11-17(16)25)19-20(24)23(13-18(21)26-19)12-15-8-4-3-5-9-15/h3-11,21,25H,12-13H2,1-2H3/b19-14+,21-18?. The highest BCUT2D eigenvalue weighted by Gasteiger charge is 2.30. The lowest BCUT2D eigenvalue weighted by Gasteiger charge is -2.31. The van der Waals surface area contributed by atoms with E-state index in [0.29, 0.717) is 23.0 Å². The summed E-state index contributed by atoms with van der Waals surface area (Å²) in [6, 6.07) is 17.6. The Morgan fingerprint density at radius 3 is 2.54 bits per heavy atom. The van der Waals surface area contributed by atoms with Crippen molar-refractivity contribution in [2.24, 2.45) is 0 Å². The normalized spacial score (nSPS) is 16.7. The molecular formula is C20H21N3OS2. The Kier molecular flexibility index (Phi) is 5.74. The van der Waals surface area contributed by atoms with E-state index >= 15 is 0 Å². The summed E-state index contributed by atoms with van der Waals surface area (Å²) >= 11 is 5.76. The molecule has 0 aromatic heterocycles. The van der Waals surface area contributed by atoms with Gasteiger partial charge in [-0.15, -0.1) is 12.6 Å². The second kappa shape index (κ2) is 8.01. The van der Waals surface area contributed by atoms with Gasteiger partial charge >= 0.3 is 0 Å². The Labute approximate surface area is 163 Å². The molecule has 1 amide bonds. The summed E-state index contributed by atoms with van der Waals surface area (Å²) in [5.74, 6) is -0.0316. The van der Waals surface area contributed by atoms with Gasteiger partial charge in [0.2, 0.25) is 0 Å². The minimum Gasteiger partial charge on any atom is -0.346 e. The van der Waals surface area contributed by atoms with E-state index in [4.69, 9.17) is 5.41 Å². The fourth-order valence-corrected chi connectivity index (χ4v) is 4.11. The van der Waals surface area contributed by atoms with Crippen molar-refractivity contribution in [2.75, 3.05) is 18.5 Å². The molecule has 0 unspecified atom stereocenters. The topological polar surface area (TPSA) is 47.4 Å². The lowest BCUT2D eigenvalue weighted by Crippen LogP contribution is -2.40. The number of carbonyl (C=O) groups is 1. The van der Waals surface area contributed by atoms with Crippen LogP contribution in [-0.4, -0.2) is 29.4 Å². The molecule has 0 bridgehead atoms. The van der Waals surface area contributed by atoms with Crippen LogP contribution in [0.1, 0.15) is 12.5 Å². The minimum absolute atomic E-state index is 0.0316. The SMILES string of the molecule is C/C(=C1\SC(=N)CN(Cc2ccccc2)C1=O)N(C)c1ccccc1S. The zero-order chi connectivity index (χ0) is 18.7. The summed E-state index contributed by atoms with van der Waals surface area (Å²) in [6.07, 6.45) is 0. The quantitative estimate of drug-likeness (QED) is 0.608. The van der Waals surface area contributed by atoms with E-state index < -0.39 is 0 Å². The van der Waals surface area contributed by atoms with Crippen LogP contribution in [0.15, 0.2) is 70.1 Å². The largest absolute Gasteiger partial charge is 0.346 e. The van der Waals surface area contributed by atoms with Crippen molar-refractivity contribution >= 4 is 41.0 Å². The molecule has 1 heterocycles. The van der Waals surface area contributed by atoms with Crippen molar-refractivity contribution < 1.29 is 4.79 Å². The molecule has 1 N–H and O–H groups in total. The van der Waals surface area contributed by atoms with Gasteiger partial charge in [-0.05, 0) is 24.6 Å². The van der Waals surface area contributed by atoms with E-state index in [1.165, 1.54) is 11.8 Å². The van der Waals surface area contributed by atoms with Crippen LogP contribution in [0.3, 0.4) is 0 Å². The number of rotatable bonds is 4. The van der Waals surface area contributed by atoms with Crippen LogP contribution in [0.4, 0.5) is 5.69 Å². The Balaban J connectivity index is 1.90. The fraction of sp³-hybridized carbons (Fsp3) is 0.200. The van der Waals surface area contributed by atoms with Crippen molar-refractivity contribution in [1.82, 2.24) is 4.90 Å². The van der Waals surface area contributed by atoms with Crippen LogP contribution in [0.25, 0.3) is 0 Å². The molecule has 134 valence electrons. The lowest BCUT2D eigenvalue weighted by molar-refractivity contribution is -0.126. The summed E-state index contributed by atoms with van der Waals surface area (Å²) < 4.78 is 0. The van der Waals surface area contributed by atoms with Crippen molar-refractivity contribution in [3.8, 4) is 0 Å². The van der Waals surface area contributed by atoms with Gasteiger partial charge < -0.3 is 9.80 Å². The average molecular weight is 384 g/mol. The maximum Gasteiger partial charge on any atom is 0.263 e. The highest BCUT2D eigenvalue weighted by atomic mass is 32.2. The zero-order valence-corrected chi connectivity index (χ0v) is 16.5. The van der Waals surface area contributed by atoms with Gasteiger partial charge in [0.05, 0.1) is 22.2 Å². The van der Waals surface area contributed by atoms with E-state index in [2.05, 4.69) is 12.6 Å². The third-order valence-electron chi connectivity index (χ3n) is 4.33. The molecule has 0 saturated carbocycles. The number of amides is 1. The summed E-state index contributed by atoms with van der Waals surface area (Å²) in [5.41, 5.74) is 2.82. The van der Waals surface area contributed by atoms with Crippen LogP contribution in [0.5, 0.6) is 0 Å². The molecule has 26 heavy (non-hydrogen) atoms. The molecule has 0 spiro atoms. The van der Waals surface area contributed by atoms with E-state index in [1.54, 1.807) is 4.90 Å². The summed E-state index contributed by atoms with van der Waals surface area (Å²) in [5, 5.41) is 8.66. The fourth-order valence-electron chi connectivity index (χ4n) is 2.83. The molecule has 1 aliphatic rings. The van der Waals surface area contributed by atoms with E-state index in [9.17, 15) is 4.79 Å². The number of thiol groups is 1. The third kappa shape index (κ3) is 3.97. The molecule has 4 nitrogen and oxygen atoms in total.